The van der Waals surface area contributed by atoms with Crippen LogP contribution in [0.25, 0.3) is 0 Å². The molecular formula is C20H26N4O. The van der Waals surface area contributed by atoms with E-state index in [-0.39, 0.29) is 11.8 Å². The van der Waals surface area contributed by atoms with Crippen molar-refractivity contribution in [2.75, 3.05) is 31.1 Å². The van der Waals surface area contributed by atoms with Crippen molar-refractivity contribution in [3.8, 4) is 0 Å². The molecule has 1 aliphatic rings. The number of benzene rings is 1. The first-order valence-corrected chi connectivity index (χ1v) is 9.00. The molecule has 1 amide bonds. The topological polar surface area (TPSA) is 49.3 Å². The van der Waals surface area contributed by atoms with Gasteiger partial charge in [0.1, 0.15) is 0 Å². The van der Waals surface area contributed by atoms with E-state index in [2.05, 4.69) is 53.2 Å². The molecule has 1 aromatic heterocycles. The minimum atomic E-state index is 0.251. The quantitative estimate of drug-likeness (QED) is 0.841. The van der Waals surface area contributed by atoms with Crippen molar-refractivity contribution in [3.05, 3.63) is 54.2 Å². The molecule has 25 heavy (non-hydrogen) atoms. The van der Waals surface area contributed by atoms with Crippen LogP contribution in [0.3, 0.4) is 0 Å². The fourth-order valence-electron chi connectivity index (χ4n) is 3.40. The largest absolute Gasteiger partial charge is 0.352 e. The van der Waals surface area contributed by atoms with E-state index in [1.807, 2.05) is 23.1 Å². The summed E-state index contributed by atoms with van der Waals surface area (Å²) in [7, 11) is 0. The second kappa shape index (κ2) is 8.10. The third kappa shape index (κ3) is 4.35. The Bertz CT molecular complexity index is 667. The molecule has 2 aromatic rings. The molecule has 2 heterocycles. The summed E-state index contributed by atoms with van der Waals surface area (Å²) in [6.07, 6.45) is 2.26. The normalized spacial score (nSPS) is 16.1. The van der Waals surface area contributed by atoms with Crippen LogP contribution in [-0.2, 0) is 4.79 Å². The summed E-state index contributed by atoms with van der Waals surface area (Å²) in [5.74, 6) is 1.85. The maximum Gasteiger partial charge on any atom is 0.223 e. The van der Waals surface area contributed by atoms with Crippen molar-refractivity contribution in [2.24, 2.45) is 5.92 Å². The summed E-state index contributed by atoms with van der Waals surface area (Å²) in [5.41, 5.74) is 1.25. The molecule has 0 saturated carbocycles. The first kappa shape index (κ1) is 17.4. The van der Waals surface area contributed by atoms with E-state index in [1.54, 1.807) is 6.20 Å². The van der Waals surface area contributed by atoms with Crippen LogP contribution in [-0.4, -0.2) is 47.2 Å². The molecule has 1 aromatic carbocycles. The predicted molar refractivity (Wildman–Crippen MR) is 99.5 cm³/mol. The van der Waals surface area contributed by atoms with Gasteiger partial charge in [-0.3, -0.25) is 4.79 Å². The lowest BCUT2D eigenvalue weighted by molar-refractivity contribution is -0.132. The van der Waals surface area contributed by atoms with Gasteiger partial charge >= 0.3 is 0 Å². The SMILES string of the molecule is CC(C)C(CC(=O)N1CCN(c2cccnn2)CC1)c1ccccc1. The van der Waals surface area contributed by atoms with Gasteiger partial charge in [-0.05, 0) is 29.5 Å². The second-order valence-electron chi connectivity index (χ2n) is 6.92. The molecule has 1 saturated heterocycles. The number of hydrogen-bond donors (Lipinski definition) is 0. The van der Waals surface area contributed by atoms with Crippen LogP contribution in [0.15, 0.2) is 48.7 Å². The van der Waals surface area contributed by atoms with Crippen LogP contribution in [0.4, 0.5) is 5.82 Å². The minimum Gasteiger partial charge on any atom is -0.352 e. The summed E-state index contributed by atoms with van der Waals surface area (Å²) in [6.45, 7) is 7.49. The third-order valence-electron chi connectivity index (χ3n) is 4.94. The van der Waals surface area contributed by atoms with E-state index in [0.717, 1.165) is 32.0 Å². The number of carbonyl (C=O) groups is 1. The van der Waals surface area contributed by atoms with Crippen LogP contribution in [0.1, 0.15) is 31.7 Å². The number of aromatic nitrogens is 2. The molecule has 0 radical (unpaired) electrons. The minimum absolute atomic E-state index is 0.251. The van der Waals surface area contributed by atoms with Crippen molar-refractivity contribution in [2.45, 2.75) is 26.2 Å². The Morgan fingerprint density at radius 2 is 1.76 bits per heavy atom. The monoisotopic (exact) mass is 338 g/mol. The molecule has 5 heteroatoms. The number of carbonyl (C=O) groups excluding carboxylic acids is 1. The maximum atomic E-state index is 12.8. The lowest BCUT2D eigenvalue weighted by Gasteiger charge is -2.36. The van der Waals surface area contributed by atoms with Gasteiger partial charge < -0.3 is 9.80 Å². The molecule has 1 fully saturated rings. The van der Waals surface area contributed by atoms with Crippen molar-refractivity contribution in [1.29, 1.82) is 0 Å². The number of nitrogens with zero attached hydrogens (tertiary/aromatic N) is 4. The van der Waals surface area contributed by atoms with Crippen LogP contribution in [0.2, 0.25) is 0 Å². The van der Waals surface area contributed by atoms with Crippen LogP contribution >= 0.6 is 0 Å². The van der Waals surface area contributed by atoms with E-state index < -0.39 is 0 Å². The Labute approximate surface area is 149 Å². The zero-order valence-electron chi connectivity index (χ0n) is 15.0. The van der Waals surface area contributed by atoms with Gasteiger partial charge in [0, 0.05) is 38.8 Å². The molecular weight excluding hydrogens is 312 g/mol. The number of anilines is 1. The average Bonchev–Trinajstić information content (AvgIpc) is 2.67. The number of hydrogen-bond acceptors (Lipinski definition) is 4. The van der Waals surface area contributed by atoms with Crippen molar-refractivity contribution in [1.82, 2.24) is 15.1 Å². The fraction of sp³-hybridized carbons (Fsp3) is 0.450. The molecule has 0 bridgehead atoms. The fourth-order valence-corrected chi connectivity index (χ4v) is 3.40. The van der Waals surface area contributed by atoms with Gasteiger partial charge in [0.15, 0.2) is 5.82 Å². The highest BCUT2D eigenvalue weighted by Crippen LogP contribution is 2.28. The summed E-state index contributed by atoms with van der Waals surface area (Å²) in [6, 6.07) is 14.2. The number of amides is 1. The average molecular weight is 338 g/mol. The summed E-state index contributed by atoms with van der Waals surface area (Å²) < 4.78 is 0. The Balaban J connectivity index is 1.58. The Morgan fingerprint density at radius 3 is 2.36 bits per heavy atom. The summed E-state index contributed by atoms with van der Waals surface area (Å²) >= 11 is 0. The lowest BCUT2D eigenvalue weighted by Crippen LogP contribution is -2.49. The maximum absolute atomic E-state index is 12.8. The highest BCUT2D eigenvalue weighted by atomic mass is 16.2. The Morgan fingerprint density at radius 1 is 1.04 bits per heavy atom. The first-order valence-electron chi connectivity index (χ1n) is 9.00. The Hall–Kier alpha value is -2.43. The molecule has 0 spiro atoms. The van der Waals surface area contributed by atoms with Gasteiger partial charge in [-0.1, -0.05) is 44.2 Å². The van der Waals surface area contributed by atoms with Crippen molar-refractivity contribution >= 4 is 11.7 Å². The molecule has 5 nitrogen and oxygen atoms in total. The van der Waals surface area contributed by atoms with Crippen LogP contribution < -0.4 is 4.90 Å². The highest BCUT2D eigenvalue weighted by Gasteiger charge is 2.26. The lowest BCUT2D eigenvalue weighted by atomic mass is 9.85. The predicted octanol–water partition coefficient (Wildman–Crippen LogP) is 2.96. The number of rotatable bonds is 5. The van der Waals surface area contributed by atoms with Gasteiger partial charge in [0.25, 0.3) is 0 Å². The zero-order chi connectivity index (χ0) is 17.6. The van der Waals surface area contributed by atoms with Crippen molar-refractivity contribution < 1.29 is 4.79 Å². The first-order chi connectivity index (χ1) is 12.1. The molecule has 1 atom stereocenters. The van der Waals surface area contributed by atoms with Gasteiger partial charge in [-0.25, -0.2) is 0 Å². The molecule has 0 aliphatic carbocycles. The molecule has 132 valence electrons. The molecule has 1 aliphatic heterocycles. The van der Waals surface area contributed by atoms with E-state index in [0.29, 0.717) is 12.3 Å². The van der Waals surface area contributed by atoms with E-state index >= 15 is 0 Å². The van der Waals surface area contributed by atoms with Crippen LogP contribution in [0, 0.1) is 5.92 Å². The zero-order valence-corrected chi connectivity index (χ0v) is 15.0. The second-order valence-corrected chi connectivity index (χ2v) is 6.92. The van der Waals surface area contributed by atoms with E-state index in [4.69, 9.17) is 0 Å². The van der Waals surface area contributed by atoms with E-state index in [1.165, 1.54) is 5.56 Å². The standard InChI is InChI=1S/C20H26N4O/c1-16(2)18(17-7-4-3-5-8-17)15-20(25)24-13-11-23(12-14-24)19-9-6-10-21-22-19/h3-10,16,18H,11-15H2,1-2H3. The molecule has 0 N–H and O–H groups in total. The van der Waals surface area contributed by atoms with Gasteiger partial charge in [0.05, 0.1) is 0 Å². The molecule has 3 rings (SSSR count). The summed E-state index contributed by atoms with van der Waals surface area (Å²) in [5, 5.41) is 8.09. The van der Waals surface area contributed by atoms with E-state index in [9.17, 15) is 4.79 Å². The summed E-state index contributed by atoms with van der Waals surface area (Å²) in [4.78, 5) is 17.0. The Kier molecular flexibility index (Phi) is 5.64. The van der Waals surface area contributed by atoms with Gasteiger partial charge in [-0.2, -0.15) is 5.10 Å². The third-order valence-corrected chi connectivity index (χ3v) is 4.94. The van der Waals surface area contributed by atoms with Crippen LogP contribution in [0.5, 0.6) is 0 Å². The highest BCUT2D eigenvalue weighted by molar-refractivity contribution is 5.77. The van der Waals surface area contributed by atoms with Crippen molar-refractivity contribution in [3.63, 3.8) is 0 Å². The molecule has 1 unspecified atom stereocenters. The van der Waals surface area contributed by atoms with Gasteiger partial charge in [-0.15, -0.1) is 5.10 Å². The number of piperazine rings is 1. The smallest absolute Gasteiger partial charge is 0.223 e. The van der Waals surface area contributed by atoms with Gasteiger partial charge in [0.2, 0.25) is 5.91 Å².